The zero-order valence-corrected chi connectivity index (χ0v) is 13.9. The fourth-order valence-electron chi connectivity index (χ4n) is 1.25. The first-order valence-corrected chi connectivity index (χ1v) is 8.73. The van der Waals surface area contributed by atoms with E-state index in [0.29, 0.717) is 9.39 Å². The number of esters is 1. The fraction of sp³-hybridized carbons (Fsp3) is 0.364. The Hall–Kier alpha value is -1.23. The second-order valence-electron chi connectivity index (χ2n) is 3.90. The SMILES string of the molecule is CCOC(=O)CS(C)(=O)=NC(=O)c1cnc(N)c(I)c1. The lowest BCUT2D eigenvalue weighted by Crippen LogP contribution is -2.18. The molecule has 0 fully saturated rings. The molecule has 0 spiro atoms. The Labute approximate surface area is 130 Å². The summed E-state index contributed by atoms with van der Waals surface area (Å²) in [6.07, 6.45) is 2.49. The fourth-order valence-corrected chi connectivity index (χ4v) is 2.76. The van der Waals surface area contributed by atoms with Crippen LogP contribution in [0.3, 0.4) is 0 Å². The summed E-state index contributed by atoms with van der Waals surface area (Å²) in [4.78, 5) is 27.0. The van der Waals surface area contributed by atoms with Crippen molar-refractivity contribution < 1.29 is 18.5 Å². The van der Waals surface area contributed by atoms with Crippen molar-refractivity contribution in [2.75, 3.05) is 24.3 Å². The van der Waals surface area contributed by atoms with Gasteiger partial charge in [-0.15, -0.1) is 0 Å². The Morgan fingerprint density at radius 1 is 1.55 bits per heavy atom. The lowest BCUT2D eigenvalue weighted by Gasteiger charge is -2.04. The van der Waals surface area contributed by atoms with E-state index >= 15 is 0 Å². The largest absolute Gasteiger partial charge is 0.465 e. The van der Waals surface area contributed by atoms with Gasteiger partial charge < -0.3 is 10.5 Å². The third-order valence-corrected chi connectivity index (χ3v) is 4.27. The minimum absolute atomic E-state index is 0.169. The maximum atomic E-state index is 12.1. The number of hydrogen-bond acceptors (Lipinski definition) is 6. The lowest BCUT2D eigenvalue weighted by atomic mass is 10.3. The van der Waals surface area contributed by atoms with Gasteiger partial charge in [-0.1, -0.05) is 0 Å². The number of nitrogen functional groups attached to an aromatic ring is 1. The number of nitrogens with zero attached hydrogens (tertiary/aromatic N) is 2. The quantitative estimate of drug-likeness (QED) is 0.586. The van der Waals surface area contributed by atoms with Crippen molar-refractivity contribution in [1.29, 1.82) is 0 Å². The van der Waals surface area contributed by atoms with Gasteiger partial charge in [-0.25, -0.2) is 9.19 Å². The highest BCUT2D eigenvalue weighted by atomic mass is 127. The summed E-state index contributed by atoms with van der Waals surface area (Å²) in [5.41, 5.74) is 5.71. The number of carbonyl (C=O) groups excluding carboxylic acids is 2. The van der Waals surface area contributed by atoms with Crippen LogP contribution in [0.2, 0.25) is 0 Å². The molecule has 1 atom stereocenters. The molecule has 1 aromatic rings. The Morgan fingerprint density at radius 3 is 2.75 bits per heavy atom. The summed E-state index contributed by atoms with van der Waals surface area (Å²) >= 11 is 1.92. The first kappa shape index (κ1) is 16.8. The summed E-state index contributed by atoms with van der Waals surface area (Å²) in [5, 5.41) is 0. The number of ether oxygens (including phenoxy) is 1. The number of pyridine rings is 1. The van der Waals surface area contributed by atoms with Crippen LogP contribution in [-0.4, -0.2) is 39.7 Å². The topological polar surface area (TPSA) is 112 Å². The van der Waals surface area contributed by atoms with Crippen molar-refractivity contribution in [2.24, 2.45) is 4.36 Å². The van der Waals surface area contributed by atoms with E-state index in [2.05, 4.69) is 14.1 Å². The number of anilines is 1. The van der Waals surface area contributed by atoms with E-state index in [0.717, 1.165) is 0 Å². The summed E-state index contributed by atoms with van der Waals surface area (Å²) < 4.78 is 20.9. The molecule has 1 aromatic heterocycles. The van der Waals surface area contributed by atoms with Crippen LogP contribution < -0.4 is 5.73 Å². The monoisotopic (exact) mass is 411 g/mol. The molecule has 20 heavy (non-hydrogen) atoms. The normalized spacial score (nSPS) is 13.3. The average Bonchev–Trinajstić information content (AvgIpc) is 2.31. The van der Waals surface area contributed by atoms with Crippen LogP contribution in [0.4, 0.5) is 5.82 Å². The van der Waals surface area contributed by atoms with E-state index in [-0.39, 0.29) is 12.2 Å². The van der Waals surface area contributed by atoms with E-state index in [4.69, 9.17) is 5.73 Å². The maximum Gasteiger partial charge on any atom is 0.319 e. The van der Waals surface area contributed by atoms with E-state index in [1.807, 2.05) is 22.6 Å². The van der Waals surface area contributed by atoms with Crippen LogP contribution in [0.15, 0.2) is 16.6 Å². The van der Waals surface area contributed by atoms with Gasteiger partial charge in [0.2, 0.25) is 0 Å². The van der Waals surface area contributed by atoms with Crippen LogP contribution in [0, 0.1) is 3.57 Å². The van der Waals surface area contributed by atoms with Gasteiger partial charge >= 0.3 is 5.97 Å². The Balaban J connectivity index is 2.96. The molecular formula is C11H14IN3O4S. The molecule has 0 radical (unpaired) electrons. The van der Waals surface area contributed by atoms with Gasteiger partial charge in [-0.05, 0) is 35.6 Å². The zero-order valence-electron chi connectivity index (χ0n) is 11.0. The van der Waals surface area contributed by atoms with Gasteiger partial charge in [0.1, 0.15) is 11.6 Å². The van der Waals surface area contributed by atoms with Crippen LogP contribution in [0.1, 0.15) is 17.3 Å². The molecule has 1 heterocycles. The Bertz CT molecular complexity index is 653. The maximum absolute atomic E-state index is 12.1. The lowest BCUT2D eigenvalue weighted by molar-refractivity contribution is -0.139. The molecule has 7 nitrogen and oxygen atoms in total. The molecule has 0 aliphatic carbocycles. The van der Waals surface area contributed by atoms with Crippen molar-refractivity contribution in [3.05, 3.63) is 21.4 Å². The van der Waals surface area contributed by atoms with Crippen molar-refractivity contribution in [3.8, 4) is 0 Å². The van der Waals surface area contributed by atoms with E-state index in [1.165, 1.54) is 18.5 Å². The van der Waals surface area contributed by atoms with Crippen molar-refractivity contribution in [1.82, 2.24) is 4.98 Å². The Kier molecular flexibility index (Phi) is 5.87. The summed E-state index contributed by atoms with van der Waals surface area (Å²) in [7, 11) is -2.98. The third kappa shape index (κ3) is 5.04. The van der Waals surface area contributed by atoms with Gasteiger partial charge in [0.15, 0.2) is 0 Å². The van der Waals surface area contributed by atoms with Gasteiger partial charge in [-0.3, -0.25) is 9.59 Å². The minimum atomic E-state index is -2.98. The third-order valence-electron chi connectivity index (χ3n) is 2.08. The molecule has 9 heteroatoms. The highest BCUT2D eigenvalue weighted by Gasteiger charge is 2.15. The Morgan fingerprint density at radius 2 is 2.20 bits per heavy atom. The minimum Gasteiger partial charge on any atom is -0.465 e. The number of carbonyl (C=O) groups is 2. The zero-order chi connectivity index (χ0) is 15.3. The number of rotatable bonds is 4. The standard InChI is InChI=1S/C11H14IN3O4S/c1-3-19-9(16)6-20(2,18)15-11(17)7-4-8(12)10(13)14-5-7/h4-5H,3,6H2,1-2H3,(H2,13,14). The number of aromatic nitrogens is 1. The molecule has 0 saturated carbocycles. The first-order valence-electron chi connectivity index (χ1n) is 5.56. The number of hydrogen-bond donors (Lipinski definition) is 1. The van der Waals surface area contributed by atoms with Crippen LogP contribution in [0.25, 0.3) is 0 Å². The summed E-state index contributed by atoms with van der Waals surface area (Å²) in [5.74, 6) is -1.48. The molecule has 0 saturated heterocycles. The van der Waals surface area contributed by atoms with Crippen molar-refractivity contribution in [2.45, 2.75) is 6.92 Å². The summed E-state index contributed by atoms with van der Waals surface area (Å²) in [6.45, 7) is 1.82. The van der Waals surface area contributed by atoms with Crippen molar-refractivity contribution in [3.63, 3.8) is 0 Å². The van der Waals surface area contributed by atoms with Crippen LogP contribution >= 0.6 is 22.6 Å². The molecular weight excluding hydrogens is 397 g/mol. The molecule has 1 unspecified atom stereocenters. The van der Waals surface area contributed by atoms with Crippen molar-refractivity contribution >= 4 is 50.0 Å². The van der Waals surface area contributed by atoms with E-state index < -0.39 is 27.4 Å². The highest BCUT2D eigenvalue weighted by Crippen LogP contribution is 2.14. The predicted molar refractivity (Wildman–Crippen MR) is 83.7 cm³/mol. The molecule has 1 amide bonds. The summed E-state index contributed by atoms with van der Waals surface area (Å²) in [6, 6.07) is 1.49. The predicted octanol–water partition coefficient (Wildman–Crippen LogP) is 1.07. The van der Waals surface area contributed by atoms with Gasteiger partial charge in [0, 0.05) is 12.5 Å². The second kappa shape index (κ2) is 6.97. The second-order valence-corrected chi connectivity index (χ2v) is 7.45. The number of nitrogens with two attached hydrogens (primary N) is 1. The average molecular weight is 411 g/mol. The molecule has 0 bridgehead atoms. The van der Waals surface area contributed by atoms with E-state index in [1.54, 1.807) is 6.92 Å². The molecule has 1 rings (SSSR count). The van der Waals surface area contributed by atoms with Gasteiger partial charge in [0.25, 0.3) is 5.91 Å². The van der Waals surface area contributed by atoms with Crippen LogP contribution in [-0.2, 0) is 19.3 Å². The van der Waals surface area contributed by atoms with Crippen LogP contribution in [0.5, 0.6) is 0 Å². The molecule has 110 valence electrons. The first-order chi connectivity index (χ1) is 9.25. The smallest absolute Gasteiger partial charge is 0.319 e. The van der Waals surface area contributed by atoms with Gasteiger partial charge in [0.05, 0.1) is 25.5 Å². The number of halogens is 1. The molecule has 0 aliphatic rings. The van der Waals surface area contributed by atoms with E-state index in [9.17, 15) is 13.8 Å². The molecule has 2 N–H and O–H groups in total. The van der Waals surface area contributed by atoms with Gasteiger partial charge in [-0.2, -0.15) is 4.36 Å². The highest BCUT2D eigenvalue weighted by molar-refractivity contribution is 14.1. The number of amides is 1. The molecule has 0 aliphatic heterocycles. The molecule has 0 aromatic carbocycles.